The Hall–Kier alpha value is -2.60. The van der Waals surface area contributed by atoms with Crippen LogP contribution in [0, 0.1) is 0 Å². The molecule has 0 atom stereocenters. The summed E-state index contributed by atoms with van der Waals surface area (Å²) in [4.78, 5) is 24.2. The van der Waals surface area contributed by atoms with E-state index in [1.807, 2.05) is 6.07 Å². The second-order valence-corrected chi connectivity index (χ2v) is 5.68. The topological polar surface area (TPSA) is 72.8 Å². The van der Waals surface area contributed by atoms with E-state index in [0.717, 1.165) is 0 Å². The van der Waals surface area contributed by atoms with E-state index in [9.17, 15) is 14.7 Å². The number of hydrogen-bond acceptors (Lipinski definition) is 5. The van der Waals surface area contributed by atoms with Crippen LogP contribution in [0.2, 0.25) is 0 Å². The summed E-state index contributed by atoms with van der Waals surface area (Å²) >= 11 is 3.17. The predicted molar refractivity (Wildman–Crippen MR) is 85.2 cm³/mol. The molecule has 3 rings (SSSR count). The summed E-state index contributed by atoms with van der Waals surface area (Å²) < 4.78 is 10.8. The lowest BCUT2D eigenvalue weighted by Crippen LogP contribution is -2.29. The van der Waals surface area contributed by atoms with Crippen molar-refractivity contribution < 1.29 is 24.2 Å². The Labute approximate surface area is 140 Å². The first-order valence-corrected chi connectivity index (χ1v) is 7.51. The lowest BCUT2D eigenvalue weighted by atomic mass is 10.1. The van der Waals surface area contributed by atoms with Crippen molar-refractivity contribution in [2.75, 3.05) is 0 Å². The number of phenols is 1. The molecule has 116 valence electrons. The Morgan fingerprint density at radius 2 is 1.65 bits per heavy atom. The van der Waals surface area contributed by atoms with E-state index in [4.69, 9.17) is 9.47 Å². The van der Waals surface area contributed by atoms with Crippen LogP contribution >= 0.6 is 15.9 Å². The van der Waals surface area contributed by atoms with Crippen LogP contribution in [0.4, 0.5) is 0 Å². The molecule has 0 amide bonds. The maximum absolute atomic E-state index is 12.1. The molecule has 1 aliphatic heterocycles. The predicted octanol–water partition coefficient (Wildman–Crippen LogP) is 3.34. The van der Waals surface area contributed by atoms with Crippen molar-refractivity contribution in [3.05, 3.63) is 69.7 Å². The fourth-order valence-corrected chi connectivity index (χ4v) is 2.47. The molecular weight excluding hydrogens is 364 g/mol. The van der Waals surface area contributed by atoms with Gasteiger partial charge < -0.3 is 14.6 Å². The summed E-state index contributed by atoms with van der Waals surface area (Å²) in [6.45, 7) is 0. The molecule has 0 unspecified atom stereocenters. The minimum absolute atomic E-state index is 0.0603. The van der Waals surface area contributed by atoms with E-state index < -0.39 is 18.2 Å². The van der Waals surface area contributed by atoms with E-state index in [-0.39, 0.29) is 11.3 Å². The van der Waals surface area contributed by atoms with E-state index >= 15 is 0 Å². The van der Waals surface area contributed by atoms with Crippen molar-refractivity contribution >= 4 is 33.9 Å². The van der Waals surface area contributed by atoms with Gasteiger partial charge in [-0.15, -0.1) is 0 Å². The SMILES string of the molecule is O=C1OC(c2ccccc2)OC(=O)C1=Cc1ccc(O)c(Br)c1. The standard InChI is InChI=1S/C17H11BrO5/c18-13-9-10(6-7-14(13)19)8-12-15(20)22-17(23-16(12)21)11-4-2-1-3-5-11/h1-9,17,19H. The van der Waals surface area contributed by atoms with E-state index in [0.29, 0.717) is 15.6 Å². The van der Waals surface area contributed by atoms with Crippen molar-refractivity contribution in [3.8, 4) is 5.75 Å². The molecule has 0 saturated carbocycles. The fourth-order valence-electron chi connectivity index (χ4n) is 2.07. The molecule has 2 aromatic rings. The summed E-state index contributed by atoms with van der Waals surface area (Å²) in [5.74, 6) is -1.44. The van der Waals surface area contributed by atoms with Crippen LogP contribution in [0.15, 0.2) is 58.6 Å². The molecule has 0 aromatic heterocycles. The van der Waals surface area contributed by atoms with Crippen LogP contribution in [0.1, 0.15) is 17.4 Å². The number of carbonyl (C=O) groups excluding carboxylic acids is 2. The van der Waals surface area contributed by atoms with Crippen LogP contribution in [-0.2, 0) is 19.1 Å². The van der Waals surface area contributed by atoms with Gasteiger partial charge in [0.2, 0.25) is 0 Å². The van der Waals surface area contributed by atoms with Crippen molar-refractivity contribution in [2.24, 2.45) is 0 Å². The third-order valence-electron chi connectivity index (χ3n) is 3.22. The Bertz CT molecular complexity index is 778. The number of halogens is 1. The maximum atomic E-state index is 12.1. The fraction of sp³-hybridized carbons (Fsp3) is 0.0588. The Morgan fingerprint density at radius 1 is 1.00 bits per heavy atom. The van der Waals surface area contributed by atoms with Gasteiger partial charge in [-0.25, -0.2) is 9.59 Å². The largest absolute Gasteiger partial charge is 0.507 e. The monoisotopic (exact) mass is 374 g/mol. The minimum Gasteiger partial charge on any atom is -0.507 e. The van der Waals surface area contributed by atoms with Crippen LogP contribution in [0.3, 0.4) is 0 Å². The third-order valence-corrected chi connectivity index (χ3v) is 3.86. The molecule has 0 radical (unpaired) electrons. The number of phenolic OH excluding ortho intramolecular Hbond substituents is 1. The van der Waals surface area contributed by atoms with Crippen LogP contribution in [0.5, 0.6) is 5.75 Å². The van der Waals surface area contributed by atoms with Gasteiger partial charge >= 0.3 is 11.9 Å². The molecule has 1 saturated heterocycles. The lowest BCUT2D eigenvalue weighted by molar-refractivity contribution is -0.195. The average molecular weight is 375 g/mol. The first kappa shape index (κ1) is 15.3. The molecule has 6 heteroatoms. The highest BCUT2D eigenvalue weighted by Gasteiger charge is 2.34. The smallest absolute Gasteiger partial charge is 0.348 e. The Morgan fingerprint density at radius 3 is 2.26 bits per heavy atom. The molecule has 1 fully saturated rings. The highest BCUT2D eigenvalue weighted by Crippen LogP contribution is 2.29. The van der Waals surface area contributed by atoms with Gasteiger partial charge in [0.15, 0.2) is 0 Å². The molecule has 23 heavy (non-hydrogen) atoms. The quantitative estimate of drug-likeness (QED) is 0.495. The van der Waals surface area contributed by atoms with Crippen molar-refractivity contribution in [1.29, 1.82) is 0 Å². The van der Waals surface area contributed by atoms with Gasteiger partial charge in [-0.3, -0.25) is 0 Å². The van der Waals surface area contributed by atoms with Crippen LogP contribution in [-0.4, -0.2) is 17.0 Å². The second-order valence-electron chi connectivity index (χ2n) is 4.82. The summed E-state index contributed by atoms with van der Waals surface area (Å²) in [5, 5.41) is 9.46. The molecule has 1 heterocycles. The number of hydrogen-bond donors (Lipinski definition) is 1. The van der Waals surface area contributed by atoms with Crippen molar-refractivity contribution in [2.45, 2.75) is 6.29 Å². The third kappa shape index (κ3) is 3.27. The normalized spacial score (nSPS) is 17.4. The first-order valence-electron chi connectivity index (χ1n) is 6.72. The van der Waals surface area contributed by atoms with E-state index in [1.54, 1.807) is 36.4 Å². The van der Waals surface area contributed by atoms with Gasteiger partial charge in [0, 0.05) is 5.56 Å². The second kappa shape index (κ2) is 6.26. The molecule has 1 aliphatic rings. The molecule has 0 spiro atoms. The van der Waals surface area contributed by atoms with Crippen LogP contribution < -0.4 is 0 Å². The summed E-state index contributed by atoms with van der Waals surface area (Å²) in [6, 6.07) is 13.3. The highest BCUT2D eigenvalue weighted by molar-refractivity contribution is 9.10. The van der Waals surface area contributed by atoms with Gasteiger partial charge in [-0.05, 0) is 39.7 Å². The number of cyclic esters (lactones) is 2. The molecule has 5 nitrogen and oxygen atoms in total. The Kier molecular flexibility index (Phi) is 4.16. The summed E-state index contributed by atoms with van der Waals surface area (Å²) in [6.07, 6.45) is 0.315. The van der Waals surface area contributed by atoms with Gasteiger partial charge in [0.25, 0.3) is 6.29 Å². The molecule has 0 aliphatic carbocycles. The number of benzene rings is 2. The number of ether oxygens (including phenoxy) is 2. The maximum Gasteiger partial charge on any atom is 0.348 e. The number of aromatic hydroxyl groups is 1. The zero-order chi connectivity index (χ0) is 16.4. The van der Waals surface area contributed by atoms with Crippen molar-refractivity contribution in [1.82, 2.24) is 0 Å². The molecule has 1 N–H and O–H groups in total. The highest BCUT2D eigenvalue weighted by atomic mass is 79.9. The summed E-state index contributed by atoms with van der Waals surface area (Å²) in [7, 11) is 0. The lowest BCUT2D eigenvalue weighted by Gasteiger charge is -2.23. The van der Waals surface area contributed by atoms with E-state index in [2.05, 4.69) is 15.9 Å². The van der Waals surface area contributed by atoms with Gasteiger partial charge in [0.05, 0.1) is 4.47 Å². The number of rotatable bonds is 2. The Balaban J connectivity index is 1.85. The first-order chi connectivity index (χ1) is 11.0. The van der Waals surface area contributed by atoms with E-state index in [1.165, 1.54) is 12.1 Å². The van der Waals surface area contributed by atoms with Gasteiger partial charge in [-0.2, -0.15) is 0 Å². The average Bonchev–Trinajstić information content (AvgIpc) is 2.55. The zero-order valence-electron chi connectivity index (χ0n) is 11.7. The minimum atomic E-state index is -1.04. The summed E-state index contributed by atoms with van der Waals surface area (Å²) in [5.41, 5.74) is 0.937. The molecule has 0 bridgehead atoms. The van der Waals surface area contributed by atoms with Crippen molar-refractivity contribution in [3.63, 3.8) is 0 Å². The zero-order valence-corrected chi connectivity index (χ0v) is 13.3. The molecule has 2 aromatic carbocycles. The van der Waals surface area contributed by atoms with Gasteiger partial charge in [0.1, 0.15) is 11.3 Å². The van der Waals surface area contributed by atoms with Crippen LogP contribution in [0.25, 0.3) is 6.08 Å². The van der Waals surface area contributed by atoms with Gasteiger partial charge in [-0.1, -0.05) is 36.4 Å². The molecular formula is C17H11BrO5. The number of carbonyl (C=O) groups is 2. The number of esters is 2.